The molecule has 10 atom stereocenters. The number of hydrogen-bond donors (Lipinski definition) is 2. The van der Waals surface area contributed by atoms with Crippen LogP contribution in [0.2, 0.25) is 0 Å². The van der Waals surface area contributed by atoms with Crippen molar-refractivity contribution in [1.29, 1.82) is 0 Å². The normalized spacial score (nSPS) is 47.8. The van der Waals surface area contributed by atoms with Crippen molar-refractivity contribution in [3.63, 3.8) is 0 Å². The molecule has 5 heteroatoms. The first-order valence-electron chi connectivity index (χ1n) is 12.7. The van der Waals surface area contributed by atoms with Crippen molar-refractivity contribution in [1.82, 2.24) is 0 Å². The minimum absolute atomic E-state index is 0.0483. The van der Waals surface area contributed by atoms with Crippen LogP contribution in [-0.4, -0.2) is 40.8 Å². The van der Waals surface area contributed by atoms with Crippen molar-refractivity contribution in [2.24, 2.45) is 46.3 Å². The molecule has 0 saturated heterocycles. The summed E-state index contributed by atoms with van der Waals surface area (Å²) in [5.41, 5.74) is -0.212. The quantitative estimate of drug-likeness (QED) is 0.636. The maximum atomic E-state index is 13.5. The maximum absolute atomic E-state index is 13.5. The van der Waals surface area contributed by atoms with Crippen LogP contribution in [-0.2, 0) is 14.3 Å². The number of rotatable bonds is 5. The Morgan fingerprint density at radius 3 is 2.61 bits per heavy atom. The van der Waals surface area contributed by atoms with E-state index in [1.807, 2.05) is 6.92 Å². The van der Waals surface area contributed by atoms with Gasteiger partial charge in [-0.05, 0) is 86.9 Å². The van der Waals surface area contributed by atoms with Crippen LogP contribution < -0.4 is 0 Å². The van der Waals surface area contributed by atoms with Crippen LogP contribution in [0.3, 0.4) is 0 Å². The zero-order valence-corrected chi connectivity index (χ0v) is 19.8. The molecule has 0 aliphatic heterocycles. The summed E-state index contributed by atoms with van der Waals surface area (Å²) in [6, 6.07) is 0. The molecule has 4 fully saturated rings. The van der Waals surface area contributed by atoms with E-state index < -0.39 is 6.10 Å². The molecule has 5 nitrogen and oxygen atoms in total. The molecule has 0 aromatic heterocycles. The highest BCUT2D eigenvalue weighted by molar-refractivity contribution is 5.83. The highest BCUT2D eigenvalue weighted by Gasteiger charge is 2.65. The zero-order valence-electron chi connectivity index (χ0n) is 19.8. The largest absolute Gasteiger partial charge is 0.466 e. The van der Waals surface area contributed by atoms with Crippen LogP contribution in [0, 0.1) is 46.3 Å². The number of carbonyl (C=O) groups excluding carboxylic acids is 2. The van der Waals surface area contributed by atoms with Gasteiger partial charge in [-0.1, -0.05) is 20.8 Å². The van der Waals surface area contributed by atoms with E-state index >= 15 is 0 Å². The Balaban J connectivity index is 1.55. The summed E-state index contributed by atoms with van der Waals surface area (Å²) in [6.45, 7) is 9.01. The van der Waals surface area contributed by atoms with Crippen molar-refractivity contribution in [3.8, 4) is 0 Å². The molecule has 4 saturated carbocycles. The number of ether oxygens (including phenoxy) is 1. The van der Waals surface area contributed by atoms with E-state index in [2.05, 4.69) is 20.8 Å². The molecule has 0 amide bonds. The third-order valence-electron chi connectivity index (χ3n) is 10.4. The van der Waals surface area contributed by atoms with Gasteiger partial charge in [-0.25, -0.2) is 0 Å². The lowest BCUT2D eigenvalue weighted by Gasteiger charge is -2.61. The van der Waals surface area contributed by atoms with Crippen LogP contribution in [0.1, 0.15) is 85.5 Å². The third kappa shape index (κ3) is 3.68. The van der Waals surface area contributed by atoms with Gasteiger partial charge < -0.3 is 14.9 Å². The van der Waals surface area contributed by atoms with E-state index in [0.29, 0.717) is 43.5 Å². The van der Waals surface area contributed by atoms with Gasteiger partial charge in [0.05, 0.1) is 18.8 Å². The summed E-state index contributed by atoms with van der Waals surface area (Å²) in [4.78, 5) is 25.3. The van der Waals surface area contributed by atoms with Crippen LogP contribution in [0.15, 0.2) is 0 Å². The maximum Gasteiger partial charge on any atom is 0.305 e. The second-order valence-corrected chi connectivity index (χ2v) is 11.7. The topological polar surface area (TPSA) is 83.8 Å². The average molecular weight is 435 g/mol. The predicted molar refractivity (Wildman–Crippen MR) is 118 cm³/mol. The molecule has 0 aromatic rings. The number of aliphatic hydroxyl groups excluding tert-OH is 2. The van der Waals surface area contributed by atoms with Gasteiger partial charge >= 0.3 is 5.97 Å². The second-order valence-electron chi connectivity index (χ2n) is 11.7. The lowest BCUT2D eigenvalue weighted by atomic mass is 9.43. The van der Waals surface area contributed by atoms with E-state index in [-0.39, 0.29) is 46.6 Å². The fraction of sp³-hybridized carbons (Fsp3) is 0.923. The molecular weight excluding hydrogens is 392 g/mol. The fourth-order valence-corrected chi connectivity index (χ4v) is 8.62. The van der Waals surface area contributed by atoms with Gasteiger partial charge in [0.2, 0.25) is 0 Å². The molecule has 4 rings (SSSR count). The van der Waals surface area contributed by atoms with Gasteiger partial charge in [-0.15, -0.1) is 0 Å². The number of hydrogen-bond acceptors (Lipinski definition) is 5. The van der Waals surface area contributed by atoms with E-state index in [4.69, 9.17) is 4.74 Å². The highest BCUT2D eigenvalue weighted by Crippen LogP contribution is 2.67. The summed E-state index contributed by atoms with van der Waals surface area (Å²) in [5, 5.41) is 21.8. The Labute approximate surface area is 187 Å². The number of Topliss-reactive ketones (excluding diaryl/α,β-unsaturated/α-hetero) is 1. The van der Waals surface area contributed by atoms with Gasteiger partial charge in [-0.2, -0.15) is 0 Å². The molecule has 0 aromatic carbocycles. The molecule has 2 N–H and O–H groups in total. The Morgan fingerprint density at radius 2 is 1.90 bits per heavy atom. The first-order valence-corrected chi connectivity index (χ1v) is 12.7. The van der Waals surface area contributed by atoms with Crippen molar-refractivity contribution in [3.05, 3.63) is 0 Å². The molecule has 31 heavy (non-hydrogen) atoms. The number of carbonyl (C=O) groups is 2. The first kappa shape index (κ1) is 23.2. The molecule has 0 unspecified atom stereocenters. The number of esters is 1. The zero-order chi connectivity index (χ0) is 22.6. The lowest BCUT2D eigenvalue weighted by Crippen LogP contribution is -2.61. The number of ketones is 1. The molecular formula is C26H42O5. The monoisotopic (exact) mass is 434 g/mol. The summed E-state index contributed by atoms with van der Waals surface area (Å²) >= 11 is 0. The SMILES string of the molecule is CCOC(=O)CC[C@H](C)[C@H]1CC[C@H]2[C@@H]3C(=O)C[C@H]4C[C@@H](O)CC[C@]4(C)[C@H]3C[C@@H](O)[C@]12C. The minimum atomic E-state index is -0.411. The average Bonchev–Trinajstić information content (AvgIpc) is 3.07. The molecule has 0 spiro atoms. The lowest BCUT2D eigenvalue weighted by molar-refractivity contribution is -0.182. The molecule has 176 valence electrons. The molecule has 4 aliphatic rings. The Bertz CT molecular complexity index is 706. The van der Waals surface area contributed by atoms with Gasteiger partial charge in [0.25, 0.3) is 0 Å². The van der Waals surface area contributed by atoms with Crippen molar-refractivity contribution in [2.45, 2.75) is 97.7 Å². The summed E-state index contributed by atoms with van der Waals surface area (Å²) in [7, 11) is 0. The van der Waals surface area contributed by atoms with Crippen LogP contribution >= 0.6 is 0 Å². The minimum Gasteiger partial charge on any atom is -0.466 e. The Hall–Kier alpha value is -0.940. The van der Waals surface area contributed by atoms with Gasteiger partial charge in [0.1, 0.15) is 5.78 Å². The highest BCUT2D eigenvalue weighted by atomic mass is 16.5. The summed E-state index contributed by atoms with van der Waals surface area (Å²) in [6.07, 6.45) is 6.34. The van der Waals surface area contributed by atoms with Crippen molar-refractivity contribution >= 4 is 11.8 Å². The van der Waals surface area contributed by atoms with Gasteiger partial charge in [0.15, 0.2) is 0 Å². The van der Waals surface area contributed by atoms with E-state index in [9.17, 15) is 19.8 Å². The predicted octanol–water partition coefficient (Wildman–Crippen LogP) is 4.14. The molecule has 0 heterocycles. The molecule has 0 radical (unpaired) electrons. The van der Waals surface area contributed by atoms with Crippen LogP contribution in [0.5, 0.6) is 0 Å². The van der Waals surface area contributed by atoms with Crippen molar-refractivity contribution < 1.29 is 24.5 Å². The Morgan fingerprint density at radius 1 is 1.16 bits per heavy atom. The van der Waals surface area contributed by atoms with Crippen LogP contribution in [0.25, 0.3) is 0 Å². The molecule has 4 aliphatic carbocycles. The van der Waals surface area contributed by atoms with E-state index in [1.54, 1.807) is 0 Å². The number of aliphatic hydroxyl groups is 2. The van der Waals surface area contributed by atoms with Gasteiger partial charge in [0, 0.05) is 24.2 Å². The Kier molecular flexibility index (Phi) is 6.33. The van der Waals surface area contributed by atoms with E-state index in [0.717, 1.165) is 38.5 Å². The van der Waals surface area contributed by atoms with Gasteiger partial charge in [-0.3, -0.25) is 9.59 Å². The van der Waals surface area contributed by atoms with Crippen LogP contribution in [0.4, 0.5) is 0 Å². The second kappa shape index (κ2) is 8.44. The van der Waals surface area contributed by atoms with Crippen molar-refractivity contribution in [2.75, 3.05) is 6.61 Å². The number of fused-ring (bicyclic) bond motifs is 5. The summed E-state index contributed by atoms with van der Waals surface area (Å²) in [5.74, 6) is 1.64. The third-order valence-corrected chi connectivity index (χ3v) is 10.4. The summed E-state index contributed by atoms with van der Waals surface area (Å²) < 4.78 is 5.11. The fourth-order valence-electron chi connectivity index (χ4n) is 8.62. The standard InChI is InChI=1S/C26H42O5/c1-5-31-23(30)9-6-15(2)18-7-8-19-24-20(14-22(29)26(18,19)4)25(3)11-10-17(27)12-16(25)13-21(24)28/h15-20,22,24,27,29H,5-14H2,1-4H3/t15-,16+,17-,18+,19-,20-,22+,24-,25-,26+/m0/s1. The van der Waals surface area contributed by atoms with E-state index in [1.165, 1.54) is 0 Å². The smallest absolute Gasteiger partial charge is 0.305 e. The first-order chi connectivity index (χ1) is 14.6. The molecule has 0 bridgehead atoms.